The van der Waals surface area contributed by atoms with E-state index in [1.807, 2.05) is 26.0 Å². The van der Waals surface area contributed by atoms with Crippen LogP contribution in [0.15, 0.2) is 53.4 Å². The van der Waals surface area contributed by atoms with Crippen LogP contribution in [0.4, 0.5) is 10.1 Å². The minimum absolute atomic E-state index is 0.131. The van der Waals surface area contributed by atoms with Gasteiger partial charge in [-0.2, -0.15) is 5.26 Å². The summed E-state index contributed by atoms with van der Waals surface area (Å²) in [4.78, 5) is 12.4. The van der Waals surface area contributed by atoms with Crippen molar-refractivity contribution in [2.75, 3.05) is 11.1 Å². The summed E-state index contributed by atoms with van der Waals surface area (Å²) < 4.78 is 13.5. The van der Waals surface area contributed by atoms with Gasteiger partial charge in [-0.05, 0) is 43.7 Å². The lowest BCUT2D eigenvalue weighted by molar-refractivity contribution is -0.113. The Bertz CT molecular complexity index is 735. The van der Waals surface area contributed by atoms with Crippen LogP contribution < -0.4 is 5.32 Å². The fourth-order valence-corrected chi connectivity index (χ4v) is 2.68. The molecular weight excluding hydrogens is 311 g/mol. The zero-order valence-electron chi connectivity index (χ0n) is 13.0. The van der Waals surface area contributed by atoms with Gasteiger partial charge < -0.3 is 5.32 Å². The molecule has 2 aromatic carbocycles. The highest BCUT2D eigenvalue weighted by atomic mass is 32.2. The average molecular weight is 328 g/mol. The number of thioether (sulfide) groups is 1. The van der Waals surface area contributed by atoms with Crippen LogP contribution >= 0.6 is 11.8 Å². The Hall–Kier alpha value is -2.32. The van der Waals surface area contributed by atoms with Gasteiger partial charge in [0.15, 0.2) is 0 Å². The van der Waals surface area contributed by atoms with E-state index in [-0.39, 0.29) is 17.5 Å². The van der Waals surface area contributed by atoms with Crippen LogP contribution in [0.1, 0.15) is 19.4 Å². The van der Waals surface area contributed by atoms with E-state index in [2.05, 4.69) is 11.4 Å². The number of carbonyl (C=O) groups excluding carboxylic acids is 1. The van der Waals surface area contributed by atoms with Crippen LogP contribution in [0.3, 0.4) is 0 Å². The van der Waals surface area contributed by atoms with E-state index in [0.717, 1.165) is 17.3 Å². The topological polar surface area (TPSA) is 52.9 Å². The van der Waals surface area contributed by atoms with Gasteiger partial charge >= 0.3 is 0 Å². The lowest BCUT2D eigenvalue weighted by atomic mass is 9.86. The fraction of sp³-hybridized carbons (Fsp3) is 0.222. The van der Waals surface area contributed by atoms with Crippen LogP contribution in [0.5, 0.6) is 0 Å². The first-order chi connectivity index (χ1) is 10.9. The molecule has 0 saturated heterocycles. The third-order valence-corrected chi connectivity index (χ3v) is 4.41. The molecule has 0 aliphatic rings. The summed E-state index contributed by atoms with van der Waals surface area (Å²) in [7, 11) is 0. The normalized spacial score (nSPS) is 10.9. The van der Waals surface area contributed by atoms with Crippen LogP contribution in [0.2, 0.25) is 0 Å². The van der Waals surface area contributed by atoms with Crippen molar-refractivity contribution < 1.29 is 9.18 Å². The number of benzene rings is 2. The maximum Gasteiger partial charge on any atom is 0.234 e. The van der Waals surface area contributed by atoms with Crippen LogP contribution in [-0.2, 0) is 10.2 Å². The van der Waals surface area contributed by atoms with Gasteiger partial charge in [0.2, 0.25) is 5.91 Å². The van der Waals surface area contributed by atoms with Gasteiger partial charge in [0.1, 0.15) is 5.82 Å². The van der Waals surface area contributed by atoms with E-state index in [4.69, 9.17) is 5.26 Å². The molecule has 0 saturated carbocycles. The molecule has 0 aromatic heterocycles. The number of nitriles is 1. The molecule has 0 radical (unpaired) electrons. The molecule has 0 aliphatic heterocycles. The van der Waals surface area contributed by atoms with Crippen LogP contribution in [-0.4, -0.2) is 11.7 Å². The lowest BCUT2D eigenvalue weighted by Crippen LogP contribution is -2.16. The standard InChI is InChI=1S/C18H17FN2OS/c1-18(2,12-20)13-7-9-14(10-8-13)21-17(22)11-23-16-6-4-3-5-15(16)19/h3-10H,11H2,1-2H3,(H,21,22). The van der Waals surface area contributed by atoms with Gasteiger partial charge in [-0.1, -0.05) is 24.3 Å². The number of carbonyl (C=O) groups is 1. The number of nitrogens with one attached hydrogen (secondary N) is 1. The SMILES string of the molecule is CC(C)(C#N)c1ccc(NC(=O)CSc2ccccc2F)cc1. The van der Waals surface area contributed by atoms with Crippen molar-refractivity contribution in [2.24, 2.45) is 0 Å². The molecular formula is C18H17FN2OS. The smallest absolute Gasteiger partial charge is 0.234 e. The molecule has 0 unspecified atom stereocenters. The molecule has 0 atom stereocenters. The van der Waals surface area contributed by atoms with E-state index in [0.29, 0.717) is 10.6 Å². The Balaban J connectivity index is 1.93. The van der Waals surface area contributed by atoms with E-state index in [1.54, 1.807) is 30.3 Å². The largest absolute Gasteiger partial charge is 0.325 e. The Morgan fingerprint density at radius 1 is 1.22 bits per heavy atom. The van der Waals surface area contributed by atoms with Crippen LogP contribution in [0, 0.1) is 17.1 Å². The van der Waals surface area contributed by atoms with E-state index in [9.17, 15) is 9.18 Å². The number of hydrogen-bond donors (Lipinski definition) is 1. The van der Waals surface area contributed by atoms with E-state index >= 15 is 0 Å². The molecule has 3 nitrogen and oxygen atoms in total. The Morgan fingerprint density at radius 2 is 1.87 bits per heavy atom. The average Bonchev–Trinajstić information content (AvgIpc) is 2.54. The highest BCUT2D eigenvalue weighted by Crippen LogP contribution is 2.24. The van der Waals surface area contributed by atoms with Gasteiger partial charge in [0.05, 0.1) is 17.2 Å². The Kier molecular flexibility index (Phi) is 5.41. The summed E-state index contributed by atoms with van der Waals surface area (Å²) in [5, 5.41) is 11.9. The number of anilines is 1. The summed E-state index contributed by atoms with van der Waals surface area (Å²) in [5.74, 6) is -0.397. The number of rotatable bonds is 5. The van der Waals surface area contributed by atoms with Crippen molar-refractivity contribution in [3.8, 4) is 6.07 Å². The van der Waals surface area contributed by atoms with Crippen molar-refractivity contribution in [2.45, 2.75) is 24.2 Å². The van der Waals surface area contributed by atoms with Crippen LogP contribution in [0.25, 0.3) is 0 Å². The molecule has 0 spiro atoms. The van der Waals surface area contributed by atoms with Gasteiger partial charge in [0, 0.05) is 10.6 Å². The number of amides is 1. The van der Waals surface area contributed by atoms with Crippen molar-refractivity contribution >= 4 is 23.4 Å². The van der Waals surface area contributed by atoms with Gasteiger partial charge in [0.25, 0.3) is 0 Å². The summed E-state index contributed by atoms with van der Waals surface area (Å²) in [5.41, 5.74) is 0.976. The van der Waals surface area contributed by atoms with E-state index in [1.165, 1.54) is 6.07 Å². The summed E-state index contributed by atoms with van der Waals surface area (Å²) in [6.07, 6.45) is 0. The van der Waals surface area contributed by atoms with Gasteiger partial charge in [-0.25, -0.2) is 4.39 Å². The number of hydrogen-bond acceptors (Lipinski definition) is 3. The van der Waals surface area contributed by atoms with Crippen molar-refractivity contribution in [3.05, 3.63) is 59.9 Å². The van der Waals surface area contributed by atoms with Crippen molar-refractivity contribution in [3.63, 3.8) is 0 Å². The molecule has 0 aliphatic carbocycles. The zero-order valence-corrected chi connectivity index (χ0v) is 13.8. The maximum absolute atomic E-state index is 13.5. The Labute approximate surface area is 139 Å². The molecule has 5 heteroatoms. The summed E-state index contributed by atoms with van der Waals surface area (Å²) >= 11 is 1.16. The van der Waals surface area contributed by atoms with E-state index < -0.39 is 5.41 Å². The highest BCUT2D eigenvalue weighted by Gasteiger charge is 2.19. The maximum atomic E-state index is 13.5. The second kappa shape index (κ2) is 7.30. The fourth-order valence-electron chi connectivity index (χ4n) is 1.94. The first kappa shape index (κ1) is 17.0. The molecule has 0 fully saturated rings. The molecule has 2 aromatic rings. The molecule has 23 heavy (non-hydrogen) atoms. The highest BCUT2D eigenvalue weighted by molar-refractivity contribution is 8.00. The molecule has 2 rings (SSSR count). The second-order valence-electron chi connectivity index (χ2n) is 5.58. The quantitative estimate of drug-likeness (QED) is 0.830. The third kappa shape index (κ3) is 4.57. The van der Waals surface area contributed by atoms with Crippen molar-refractivity contribution in [1.82, 2.24) is 0 Å². The second-order valence-corrected chi connectivity index (χ2v) is 6.60. The number of nitrogens with zero attached hydrogens (tertiary/aromatic N) is 1. The molecule has 118 valence electrons. The molecule has 1 amide bonds. The first-order valence-corrected chi connectivity index (χ1v) is 8.10. The third-order valence-electron chi connectivity index (χ3n) is 3.37. The first-order valence-electron chi connectivity index (χ1n) is 7.11. The lowest BCUT2D eigenvalue weighted by Gasteiger charge is -2.16. The minimum atomic E-state index is -0.566. The predicted octanol–water partition coefficient (Wildman–Crippen LogP) is 4.36. The molecule has 1 N–H and O–H groups in total. The molecule has 0 bridgehead atoms. The van der Waals surface area contributed by atoms with Gasteiger partial charge in [-0.15, -0.1) is 11.8 Å². The molecule has 0 heterocycles. The minimum Gasteiger partial charge on any atom is -0.325 e. The zero-order chi connectivity index (χ0) is 16.9. The predicted molar refractivity (Wildman–Crippen MR) is 90.8 cm³/mol. The number of halogens is 1. The monoisotopic (exact) mass is 328 g/mol. The Morgan fingerprint density at radius 3 is 2.48 bits per heavy atom. The summed E-state index contributed by atoms with van der Waals surface area (Å²) in [6.45, 7) is 3.68. The summed E-state index contributed by atoms with van der Waals surface area (Å²) in [6, 6.07) is 15.8. The van der Waals surface area contributed by atoms with Crippen molar-refractivity contribution in [1.29, 1.82) is 5.26 Å². The van der Waals surface area contributed by atoms with Gasteiger partial charge in [-0.3, -0.25) is 4.79 Å².